The van der Waals surface area contributed by atoms with Crippen LogP contribution in [-0.2, 0) is 11.2 Å². The van der Waals surface area contributed by atoms with Crippen molar-refractivity contribution in [2.75, 3.05) is 31.1 Å². The molecule has 1 saturated heterocycles. The summed E-state index contributed by atoms with van der Waals surface area (Å²) in [6.07, 6.45) is 5.62. The first-order chi connectivity index (χ1) is 10.7. The number of piperazine rings is 1. The molecule has 114 valence electrons. The van der Waals surface area contributed by atoms with Gasteiger partial charge < -0.3 is 9.80 Å². The summed E-state index contributed by atoms with van der Waals surface area (Å²) in [5, 5.41) is 0. The second kappa shape index (κ2) is 6.56. The van der Waals surface area contributed by atoms with Gasteiger partial charge in [0.15, 0.2) is 0 Å². The van der Waals surface area contributed by atoms with Crippen LogP contribution in [0, 0.1) is 6.92 Å². The van der Waals surface area contributed by atoms with Crippen LogP contribution in [0.4, 0.5) is 5.82 Å². The third-order valence-electron chi connectivity index (χ3n) is 4.11. The van der Waals surface area contributed by atoms with E-state index in [0.29, 0.717) is 6.42 Å². The summed E-state index contributed by atoms with van der Waals surface area (Å²) in [6, 6.07) is 8.07. The van der Waals surface area contributed by atoms with Gasteiger partial charge in [-0.3, -0.25) is 9.78 Å². The van der Waals surface area contributed by atoms with E-state index in [2.05, 4.69) is 27.9 Å². The molecule has 2 heterocycles. The summed E-state index contributed by atoms with van der Waals surface area (Å²) < 4.78 is 0. The Morgan fingerprint density at radius 1 is 1.14 bits per heavy atom. The van der Waals surface area contributed by atoms with E-state index in [1.165, 1.54) is 5.56 Å². The number of anilines is 1. The second-order valence-corrected chi connectivity index (χ2v) is 5.53. The minimum Gasteiger partial charge on any atom is -0.352 e. The SMILES string of the molecule is Cc1ccccc1CC(=O)N1CCN(c2cnccn2)CC1. The van der Waals surface area contributed by atoms with Crippen LogP contribution in [0.3, 0.4) is 0 Å². The summed E-state index contributed by atoms with van der Waals surface area (Å²) in [7, 11) is 0. The molecular weight excluding hydrogens is 276 g/mol. The predicted octanol–water partition coefficient (Wildman–Crippen LogP) is 1.68. The Labute approximate surface area is 130 Å². The van der Waals surface area contributed by atoms with Gasteiger partial charge in [-0.05, 0) is 18.1 Å². The van der Waals surface area contributed by atoms with E-state index in [1.807, 2.05) is 23.1 Å². The molecule has 0 aliphatic carbocycles. The number of benzene rings is 1. The van der Waals surface area contributed by atoms with Crippen LogP contribution in [0.1, 0.15) is 11.1 Å². The Kier molecular flexibility index (Phi) is 4.32. The highest BCUT2D eigenvalue weighted by atomic mass is 16.2. The van der Waals surface area contributed by atoms with Crippen LogP contribution in [0.25, 0.3) is 0 Å². The quantitative estimate of drug-likeness (QED) is 0.864. The van der Waals surface area contributed by atoms with Crippen LogP contribution >= 0.6 is 0 Å². The molecular formula is C17H20N4O. The summed E-state index contributed by atoms with van der Waals surface area (Å²) in [4.78, 5) is 25.0. The number of hydrogen-bond donors (Lipinski definition) is 0. The van der Waals surface area contributed by atoms with Crippen LogP contribution in [0.15, 0.2) is 42.9 Å². The average Bonchev–Trinajstić information content (AvgIpc) is 2.58. The first-order valence-corrected chi connectivity index (χ1v) is 7.57. The van der Waals surface area contributed by atoms with E-state index < -0.39 is 0 Å². The minimum absolute atomic E-state index is 0.202. The van der Waals surface area contributed by atoms with Crippen molar-refractivity contribution in [3.05, 3.63) is 54.0 Å². The molecule has 5 nitrogen and oxygen atoms in total. The third-order valence-corrected chi connectivity index (χ3v) is 4.11. The maximum Gasteiger partial charge on any atom is 0.227 e. The topological polar surface area (TPSA) is 49.3 Å². The molecule has 0 bridgehead atoms. The van der Waals surface area contributed by atoms with Crippen molar-refractivity contribution >= 4 is 11.7 Å². The summed E-state index contributed by atoms with van der Waals surface area (Å²) in [6.45, 7) is 5.13. The molecule has 5 heteroatoms. The number of nitrogens with zero attached hydrogens (tertiary/aromatic N) is 4. The van der Waals surface area contributed by atoms with Gasteiger partial charge in [0.05, 0.1) is 12.6 Å². The van der Waals surface area contributed by atoms with E-state index in [-0.39, 0.29) is 5.91 Å². The Bertz CT molecular complexity index is 636. The van der Waals surface area contributed by atoms with Gasteiger partial charge in [0.25, 0.3) is 0 Å². The Morgan fingerprint density at radius 3 is 2.59 bits per heavy atom. The maximum atomic E-state index is 12.4. The van der Waals surface area contributed by atoms with Gasteiger partial charge in [0.2, 0.25) is 5.91 Å². The van der Waals surface area contributed by atoms with Crippen molar-refractivity contribution < 1.29 is 4.79 Å². The minimum atomic E-state index is 0.202. The second-order valence-electron chi connectivity index (χ2n) is 5.53. The Morgan fingerprint density at radius 2 is 1.91 bits per heavy atom. The lowest BCUT2D eigenvalue weighted by molar-refractivity contribution is -0.130. The predicted molar refractivity (Wildman–Crippen MR) is 85.7 cm³/mol. The van der Waals surface area contributed by atoms with Gasteiger partial charge in [-0.2, -0.15) is 0 Å². The number of amides is 1. The van der Waals surface area contributed by atoms with Gasteiger partial charge in [-0.25, -0.2) is 4.98 Å². The van der Waals surface area contributed by atoms with Crippen LogP contribution in [-0.4, -0.2) is 47.0 Å². The number of carbonyl (C=O) groups excluding carboxylic acids is 1. The molecule has 1 aliphatic rings. The van der Waals surface area contributed by atoms with E-state index in [9.17, 15) is 4.79 Å². The number of aryl methyl sites for hydroxylation is 1. The summed E-state index contributed by atoms with van der Waals surface area (Å²) in [5.74, 6) is 1.08. The highest BCUT2D eigenvalue weighted by Crippen LogP contribution is 2.14. The molecule has 22 heavy (non-hydrogen) atoms. The third kappa shape index (κ3) is 3.24. The fourth-order valence-electron chi connectivity index (χ4n) is 2.72. The molecule has 1 aliphatic heterocycles. The lowest BCUT2D eigenvalue weighted by Crippen LogP contribution is -2.49. The van der Waals surface area contributed by atoms with Crippen molar-refractivity contribution in [1.82, 2.24) is 14.9 Å². The van der Waals surface area contributed by atoms with Crippen molar-refractivity contribution in [1.29, 1.82) is 0 Å². The number of carbonyl (C=O) groups is 1. The summed E-state index contributed by atoms with van der Waals surface area (Å²) >= 11 is 0. The van der Waals surface area contributed by atoms with Gasteiger partial charge in [-0.1, -0.05) is 24.3 Å². The molecule has 0 spiro atoms. The average molecular weight is 296 g/mol. The highest BCUT2D eigenvalue weighted by Gasteiger charge is 2.22. The molecule has 0 N–H and O–H groups in total. The molecule has 1 fully saturated rings. The number of rotatable bonds is 3. The van der Waals surface area contributed by atoms with E-state index in [1.54, 1.807) is 18.6 Å². The molecule has 0 saturated carbocycles. The molecule has 0 unspecified atom stereocenters. The lowest BCUT2D eigenvalue weighted by atomic mass is 10.1. The zero-order valence-corrected chi connectivity index (χ0v) is 12.8. The normalized spacial score (nSPS) is 15.0. The number of hydrogen-bond acceptors (Lipinski definition) is 4. The fraction of sp³-hybridized carbons (Fsp3) is 0.353. The van der Waals surface area contributed by atoms with Crippen molar-refractivity contribution in [2.45, 2.75) is 13.3 Å². The molecule has 0 radical (unpaired) electrons. The zero-order valence-electron chi connectivity index (χ0n) is 12.8. The highest BCUT2D eigenvalue weighted by molar-refractivity contribution is 5.79. The molecule has 2 aromatic rings. The molecule has 3 rings (SSSR count). The van der Waals surface area contributed by atoms with Gasteiger partial charge in [0.1, 0.15) is 5.82 Å². The number of aromatic nitrogens is 2. The molecule has 0 atom stereocenters. The lowest BCUT2D eigenvalue weighted by Gasteiger charge is -2.35. The van der Waals surface area contributed by atoms with Gasteiger partial charge >= 0.3 is 0 Å². The maximum absolute atomic E-state index is 12.4. The van der Waals surface area contributed by atoms with Crippen molar-refractivity contribution in [3.8, 4) is 0 Å². The Hall–Kier alpha value is -2.43. The summed E-state index contributed by atoms with van der Waals surface area (Å²) in [5.41, 5.74) is 2.29. The smallest absolute Gasteiger partial charge is 0.227 e. The zero-order chi connectivity index (χ0) is 15.4. The van der Waals surface area contributed by atoms with E-state index in [4.69, 9.17) is 0 Å². The monoisotopic (exact) mass is 296 g/mol. The van der Waals surface area contributed by atoms with Gasteiger partial charge in [-0.15, -0.1) is 0 Å². The van der Waals surface area contributed by atoms with Crippen LogP contribution < -0.4 is 4.90 Å². The standard InChI is InChI=1S/C17H20N4O/c1-14-4-2-3-5-15(14)12-17(22)21-10-8-20(9-11-21)16-13-18-6-7-19-16/h2-7,13H,8-12H2,1H3. The largest absolute Gasteiger partial charge is 0.352 e. The van der Waals surface area contributed by atoms with E-state index in [0.717, 1.165) is 37.6 Å². The first kappa shape index (κ1) is 14.5. The molecule has 1 aromatic heterocycles. The van der Waals surface area contributed by atoms with Crippen molar-refractivity contribution in [2.24, 2.45) is 0 Å². The Balaban J connectivity index is 1.57. The van der Waals surface area contributed by atoms with Crippen LogP contribution in [0.2, 0.25) is 0 Å². The molecule has 1 amide bonds. The van der Waals surface area contributed by atoms with Crippen LogP contribution in [0.5, 0.6) is 0 Å². The molecule has 1 aromatic carbocycles. The van der Waals surface area contributed by atoms with Gasteiger partial charge in [0, 0.05) is 38.6 Å². The fourth-order valence-corrected chi connectivity index (χ4v) is 2.72. The van der Waals surface area contributed by atoms with Crippen molar-refractivity contribution in [3.63, 3.8) is 0 Å². The first-order valence-electron chi connectivity index (χ1n) is 7.57. The van der Waals surface area contributed by atoms with E-state index >= 15 is 0 Å².